The summed E-state index contributed by atoms with van der Waals surface area (Å²) in [4.78, 5) is 2.57. The van der Waals surface area contributed by atoms with Crippen LogP contribution in [0.3, 0.4) is 0 Å². The summed E-state index contributed by atoms with van der Waals surface area (Å²) >= 11 is 0. The molecule has 1 aromatic rings. The lowest BCUT2D eigenvalue weighted by Gasteiger charge is -2.20. The van der Waals surface area contributed by atoms with Gasteiger partial charge in [0.15, 0.2) is 0 Å². The van der Waals surface area contributed by atoms with Crippen molar-refractivity contribution in [3.05, 3.63) is 29.8 Å². The quantitative estimate of drug-likeness (QED) is 0.890. The lowest BCUT2D eigenvalue weighted by Crippen LogP contribution is -2.34. The van der Waals surface area contributed by atoms with Gasteiger partial charge in [-0.15, -0.1) is 0 Å². The Kier molecular flexibility index (Phi) is 5.15. The Bertz CT molecular complexity index is 545. The van der Waals surface area contributed by atoms with Gasteiger partial charge in [0, 0.05) is 26.2 Å². The summed E-state index contributed by atoms with van der Waals surface area (Å²) in [6, 6.07) is 7.19. The molecule has 112 valence electrons. The summed E-state index contributed by atoms with van der Waals surface area (Å²) in [6.07, 6.45) is 0.881. The average Bonchev–Trinajstić information content (AvgIpc) is 2.65. The largest absolute Gasteiger partial charge is 0.316 e. The van der Waals surface area contributed by atoms with Gasteiger partial charge in [-0.2, -0.15) is 4.31 Å². The molecular formula is C14H23N3O2S. The van der Waals surface area contributed by atoms with Gasteiger partial charge in [-0.05, 0) is 44.8 Å². The first-order valence-electron chi connectivity index (χ1n) is 6.96. The average molecular weight is 297 g/mol. The van der Waals surface area contributed by atoms with Gasteiger partial charge in [0.05, 0.1) is 4.90 Å². The van der Waals surface area contributed by atoms with Gasteiger partial charge in [-0.3, -0.25) is 0 Å². The van der Waals surface area contributed by atoms with Crippen molar-refractivity contribution in [2.45, 2.75) is 17.9 Å². The number of sulfonamides is 1. The van der Waals surface area contributed by atoms with Crippen LogP contribution in [-0.2, 0) is 16.6 Å². The number of benzene rings is 1. The van der Waals surface area contributed by atoms with E-state index >= 15 is 0 Å². The molecule has 1 heterocycles. The highest BCUT2D eigenvalue weighted by molar-refractivity contribution is 7.89. The summed E-state index contributed by atoms with van der Waals surface area (Å²) in [5.74, 6) is 0. The number of likely N-dealkylation sites (N-methyl/N-ethyl adjacent to an activating group) is 1. The molecule has 1 N–H and O–H groups in total. The standard InChI is InChI=1S/C14H23N3O2S/c1-15-12-13-5-3-6-14(11-13)20(18,19)17-8-4-7-16(2)9-10-17/h3,5-6,11,15H,4,7-10,12H2,1-2H3. The van der Waals surface area contributed by atoms with Crippen molar-refractivity contribution in [3.8, 4) is 0 Å². The van der Waals surface area contributed by atoms with Crippen molar-refractivity contribution in [1.29, 1.82) is 0 Å². The number of rotatable bonds is 4. The summed E-state index contributed by atoms with van der Waals surface area (Å²) in [5.41, 5.74) is 0.987. The van der Waals surface area contributed by atoms with E-state index < -0.39 is 10.0 Å². The lowest BCUT2D eigenvalue weighted by molar-refractivity contribution is 0.347. The molecule has 0 bridgehead atoms. The van der Waals surface area contributed by atoms with Crippen LogP contribution in [0.5, 0.6) is 0 Å². The maximum absolute atomic E-state index is 12.7. The van der Waals surface area contributed by atoms with Crippen molar-refractivity contribution < 1.29 is 8.42 Å². The molecule has 1 aromatic carbocycles. The van der Waals surface area contributed by atoms with E-state index in [0.29, 0.717) is 24.5 Å². The molecule has 0 aromatic heterocycles. The molecule has 0 atom stereocenters. The number of hydrogen-bond acceptors (Lipinski definition) is 4. The van der Waals surface area contributed by atoms with Crippen molar-refractivity contribution in [3.63, 3.8) is 0 Å². The molecule has 0 amide bonds. The summed E-state index contributed by atoms with van der Waals surface area (Å²) in [6.45, 7) is 3.57. The molecule has 2 rings (SSSR count). The molecule has 1 fully saturated rings. The molecule has 6 heteroatoms. The van der Waals surface area contributed by atoms with Gasteiger partial charge < -0.3 is 10.2 Å². The third-order valence-electron chi connectivity index (χ3n) is 3.60. The fraction of sp³-hybridized carbons (Fsp3) is 0.571. The zero-order valence-corrected chi connectivity index (χ0v) is 13.0. The van der Waals surface area contributed by atoms with Crippen LogP contribution in [0.2, 0.25) is 0 Å². The highest BCUT2D eigenvalue weighted by Gasteiger charge is 2.26. The predicted octanol–water partition coefficient (Wildman–Crippen LogP) is 0.732. The fourth-order valence-corrected chi connectivity index (χ4v) is 3.97. The second kappa shape index (κ2) is 6.67. The second-order valence-corrected chi connectivity index (χ2v) is 7.18. The Morgan fingerprint density at radius 3 is 2.75 bits per heavy atom. The molecule has 0 spiro atoms. The van der Waals surface area contributed by atoms with Gasteiger partial charge in [-0.1, -0.05) is 12.1 Å². The SMILES string of the molecule is CNCc1cccc(S(=O)(=O)N2CCCN(C)CC2)c1. The third-order valence-corrected chi connectivity index (χ3v) is 5.49. The van der Waals surface area contributed by atoms with Gasteiger partial charge in [0.2, 0.25) is 10.0 Å². The van der Waals surface area contributed by atoms with E-state index in [2.05, 4.69) is 10.2 Å². The van der Waals surface area contributed by atoms with E-state index in [-0.39, 0.29) is 0 Å². The highest BCUT2D eigenvalue weighted by Crippen LogP contribution is 2.18. The van der Waals surface area contributed by atoms with Gasteiger partial charge in [0.1, 0.15) is 0 Å². The van der Waals surface area contributed by atoms with Crippen LogP contribution >= 0.6 is 0 Å². The Labute approximate surface area is 121 Å². The smallest absolute Gasteiger partial charge is 0.243 e. The Morgan fingerprint density at radius 2 is 2.00 bits per heavy atom. The zero-order chi connectivity index (χ0) is 14.6. The monoisotopic (exact) mass is 297 g/mol. The van der Waals surface area contributed by atoms with Gasteiger partial charge >= 0.3 is 0 Å². The van der Waals surface area contributed by atoms with E-state index in [1.165, 1.54) is 0 Å². The molecule has 1 aliphatic heterocycles. The number of hydrogen-bond donors (Lipinski definition) is 1. The normalized spacial score (nSPS) is 18.9. The first-order chi connectivity index (χ1) is 9.54. The summed E-state index contributed by atoms with van der Waals surface area (Å²) in [5, 5.41) is 3.04. The van der Waals surface area contributed by atoms with Crippen LogP contribution in [0, 0.1) is 0 Å². The molecule has 1 saturated heterocycles. The maximum atomic E-state index is 12.7. The molecule has 0 saturated carbocycles. The van der Waals surface area contributed by atoms with Crippen molar-refractivity contribution >= 4 is 10.0 Å². The van der Waals surface area contributed by atoms with E-state index in [9.17, 15) is 8.42 Å². The minimum Gasteiger partial charge on any atom is -0.316 e. The molecule has 5 nitrogen and oxygen atoms in total. The summed E-state index contributed by atoms with van der Waals surface area (Å²) in [7, 11) is 0.514. The van der Waals surface area contributed by atoms with E-state index in [4.69, 9.17) is 0 Å². The second-order valence-electron chi connectivity index (χ2n) is 5.24. The van der Waals surface area contributed by atoms with Crippen molar-refractivity contribution in [1.82, 2.24) is 14.5 Å². The van der Waals surface area contributed by atoms with Crippen LogP contribution in [0.4, 0.5) is 0 Å². The van der Waals surface area contributed by atoms with E-state index in [0.717, 1.165) is 25.1 Å². The topological polar surface area (TPSA) is 52.7 Å². The van der Waals surface area contributed by atoms with Crippen molar-refractivity contribution in [2.75, 3.05) is 40.3 Å². The third kappa shape index (κ3) is 3.58. The lowest BCUT2D eigenvalue weighted by atomic mass is 10.2. The Balaban J connectivity index is 2.22. The Morgan fingerprint density at radius 1 is 1.20 bits per heavy atom. The highest BCUT2D eigenvalue weighted by atomic mass is 32.2. The Hall–Kier alpha value is -0.950. The van der Waals surface area contributed by atoms with Crippen molar-refractivity contribution in [2.24, 2.45) is 0 Å². The zero-order valence-electron chi connectivity index (χ0n) is 12.2. The van der Waals surface area contributed by atoms with Crippen LogP contribution in [0.1, 0.15) is 12.0 Å². The maximum Gasteiger partial charge on any atom is 0.243 e. The minimum atomic E-state index is -3.37. The van der Waals surface area contributed by atoms with Crippen LogP contribution < -0.4 is 5.32 Å². The van der Waals surface area contributed by atoms with E-state index in [1.807, 2.05) is 26.2 Å². The predicted molar refractivity (Wildman–Crippen MR) is 80.1 cm³/mol. The van der Waals surface area contributed by atoms with Crippen LogP contribution in [0.25, 0.3) is 0 Å². The molecule has 0 radical (unpaired) electrons. The van der Waals surface area contributed by atoms with Crippen LogP contribution in [-0.4, -0.2) is 57.9 Å². The molecule has 0 aliphatic carbocycles. The number of nitrogens with one attached hydrogen (secondary N) is 1. The van der Waals surface area contributed by atoms with E-state index in [1.54, 1.807) is 16.4 Å². The molecule has 0 unspecified atom stereocenters. The molecule has 1 aliphatic rings. The fourth-order valence-electron chi connectivity index (χ4n) is 2.43. The first-order valence-corrected chi connectivity index (χ1v) is 8.40. The van der Waals surface area contributed by atoms with Crippen LogP contribution in [0.15, 0.2) is 29.2 Å². The number of nitrogens with zero attached hydrogens (tertiary/aromatic N) is 2. The molecule has 20 heavy (non-hydrogen) atoms. The minimum absolute atomic E-state index is 0.398. The van der Waals surface area contributed by atoms with Gasteiger partial charge in [0.25, 0.3) is 0 Å². The summed E-state index contributed by atoms with van der Waals surface area (Å²) < 4.78 is 27.0. The molecular weight excluding hydrogens is 274 g/mol. The first kappa shape index (κ1) is 15.4. The van der Waals surface area contributed by atoms with Gasteiger partial charge in [-0.25, -0.2) is 8.42 Å².